The molecule has 1 saturated carbocycles. The molecule has 0 spiro atoms. The maximum atomic E-state index is 11.9. The molecule has 2 aromatic rings. The summed E-state index contributed by atoms with van der Waals surface area (Å²) in [7, 11) is 1.89. The number of aliphatic hydroxyl groups is 1. The molecule has 0 saturated heterocycles. The molecule has 0 aliphatic heterocycles. The molecule has 2 amide bonds. The molecular formula is C18H24N4O2. The molecule has 0 bridgehead atoms. The Morgan fingerprint density at radius 3 is 2.92 bits per heavy atom. The predicted molar refractivity (Wildman–Crippen MR) is 92.2 cm³/mol. The molecule has 3 N–H and O–H groups in total. The number of benzene rings is 1. The van der Waals surface area contributed by atoms with E-state index in [9.17, 15) is 9.90 Å². The van der Waals surface area contributed by atoms with Gasteiger partial charge in [0.25, 0.3) is 0 Å². The first-order valence-electron chi connectivity index (χ1n) is 8.38. The standard InChI is InChI=1S/C18H24N4O2/c1-22-12-16(11-21-22)15-4-2-3-13(7-15)9-19-18(24)20-10-14-5-6-17(23)8-14/h2-4,7,11-12,14,17,23H,5-6,8-10H2,1H3,(H2,19,20,24)/t14-,17+/m0/s1. The Kier molecular flexibility index (Phi) is 5.15. The van der Waals surface area contributed by atoms with Crippen molar-refractivity contribution in [2.45, 2.75) is 31.9 Å². The quantitative estimate of drug-likeness (QED) is 0.786. The lowest BCUT2D eigenvalue weighted by molar-refractivity contribution is 0.177. The molecule has 0 radical (unpaired) electrons. The molecule has 0 unspecified atom stereocenters. The van der Waals surface area contributed by atoms with Gasteiger partial charge in [0, 0.05) is 31.9 Å². The second kappa shape index (κ2) is 7.49. The van der Waals surface area contributed by atoms with E-state index in [0.717, 1.165) is 36.0 Å². The fourth-order valence-electron chi connectivity index (χ4n) is 3.15. The third-order valence-corrected chi connectivity index (χ3v) is 4.48. The topological polar surface area (TPSA) is 79.2 Å². The second-order valence-electron chi connectivity index (χ2n) is 6.50. The van der Waals surface area contributed by atoms with E-state index >= 15 is 0 Å². The Labute approximate surface area is 141 Å². The number of carbonyl (C=O) groups is 1. The average molecular weight is 328 g/mol. The lowest BCUT2D eigenvalue weighted by Gasteiger charge is -2.12. The van der Waals surface area contributed by atoms with Crippen LogP contribution in [-0.2, 0) is 13.6 Å². The molecule has 1 heterocycles. The van der Waals surface area contributed by atoms with E-state index in [4.69, 9.17) is 0 Å². The predicted octanol–water partition coefficient (Wildman–Crippen LogP) is 2.05. The van der Waals surface area contributed by atoms with Gasteiger partial charge in [0.05, 0.1) is 12.3 Å². The van der Waals surface area contributed by atoms with Gasteiger partial charge < -0.3 is 15.7 Å². The minimum atomic E-state index is -0.199. The van der Waals surface area contributed by atoms with Crippen molar-refractivity contribution >= 4 is 6.03 Å². The highest BCUT2D eigenvalue weighted by Gasteiger charge is 2.22. The Balaban J connectivity index is 1.48. The molecule has 1 aromatic carbocycles. The third-order valence-electron chi connectivity index (χ3n) is 4.48. The summed E-state index contributed by atoms with van der Waals surface area (Å²) in [6.07, 6.45) is 6.21. The Morgan fingerprint density at radius 2 is 2.21 bits per heavy atom. The van der Waals surface area contributed by atoms with Crippen LogP contribution < -0.4 is 10.6 Å². The van der Waals surface area contributed by atoms with Crippen LogP contribution in [-0.4, -0.2) is 33.6 Å². The average Bonchev–Trinajstić information content (AvgIpc) is 3.20. The highest BCUT2D eigenvalue weighted by molar-refractivity contribution is 5.74. The van der Waals surface area contributed by atoms with Crippen molar-refractivity contribution in [2.24, 2.45) is 13.0 Å². The molecule has 6 heteroatoms. The van der Waals surface area contributed by atoms with E-state index in [1.165, 1.54) is 0 Å². The lowest BCUT2D eigenvalue weighted by atomic mass is 10.1. The number of carbonyl (C=O) groups excluding carboxylic acids is 1. The number of aromatic nitrogens is 2. The van der Waals surface area contributed by atoms with Gasteiger partial charge in [-0.3, -0.25) is 4.68 Å². The molecule has 1 aliphatic rings. The van der Waals surface area contributed by atoms with Crippen molar-refractivity contribution in [1.29, 1.82) is 0 Å². The molecule has 1 fully saturated rings. The molecule has 6 nitrogen and oxygen atoms in total. The van der Waals surface area contributed by atoms with E-state index in [-0.39, 0.29) is 12.1 Å². The van der Waals surface area contributed by atoms with E-state index in [0.29, 0.717) is 19.0 Å². The van der Waals surface area contributed by atoms with Crippen LogP contribution in [0.2, 0.25) is 0 Å². The molecule has 1 aliphatic carbocycles. The number of amides is 2. The number of urea groups is 1. The highest BCUT2D eigenvalue weighted by atomic mass is 16.3. The second-order valence-corrected chi connectivity index (χ2v) is 6.50. The lowest BCUT2D eigenvalue weighted by Crippen LogP contribution is -2.37. The van der Waals surface area contributed by atoms with Crippen molar-refractivity contribution in [1.82, 2.24) is 20.4 Å². The van der Waals surface area contributed by atoms with E-state index in [1.807, 2.05) is 37.6 Å². The van der Waals surface area contributed by atoms with Crippen LogP contribution in [0, 0.1) is 5.92 Å². The normalized spacial score (nSPS) is 20.1. The van der Waals surface area contributed by atoms with Gasteiger partial charge in [-0.15, -0.1) is 0 Å². The zero-order chi connectivity index (χ0) is 16.9. The first-order valence-corrected chi connectivity index (χ1v) is 8.38. The number of aliphatic hydroxyl groups excluding tert-OH is 1. The number of rotatable bonds is 5. The summed E-state index contributed by atoms with van der Waals surface area (Å²) in [5.74, 6) is 0.389. The van der Waals surface area contributed by atoms with Crippen molar-refractivity contribution in [3.63, 3.8) is 0 Å². The summed E-state index contributed by atoms with van der Waals surface area (Å²) in [5, 5.41) is 19.5. The number of hydrogen-bond donors (Lipinski definition) is 3. The van der Waals surface area contributed by atoms with Crippen LogP contribution in [0.15, 0.2) is 36.7 Å². The summed E-state index contributed by atoms with van der Waals surface area (Å²) in [6.45, 7) is 1.10. The molecule has 3 rings (SSSR count). The smallest absolute Gasteiger partial charge is 0.315 e. The number of hydrogen-bond acceptors (Lipinski definition) is 3. The van der Waals surface area contributed by atoms with Gasteiger partial charge in [-0.1, -0.05) is 18.2 Å². The first-order chi connectivity index (χ1) is 11.6. The summed E-state index contributed by atoms with van der Waals surface area (Å²) in [4.78, 5) is 11.9. The van der Waals surface area contributed by atoms with E-state index in [2.05, 4.69) is 21.8 Å². The van der Waals surface area contributed by atoms with Gasteiger partial charge in [0.2, 0.25) is 0 Å². The largest absolute Gasteiger partial charge is 0.393 e. The van der Waals surface area contributed by atoms with Gasteiger partial charge >= 0.3 is 6.03 Å². The van der Waals surface area contributed by atoms with Gasteiger partial charge in [0.15, 0.2) is 0 Å². The maximum absolute atomic E-state index is 11.9. The molecule has 128 valence electrons. The minimum Gasteiger partial charge on any atom is -0.393 e. The monoisotopic (exact) mass is 328 g/mol. The fraction of sp³-hybridized carbons (Fsp3) is 0.444. The van der Waals surface area contributed by atoms with Crippen LogP contribution in [0.5, 0.6) is 0 Å². The number of nitrogens with zero attached hydrogens (tertiary/aromatic N) is 2. The van der Waals surface area contributed by atoms with Crippen LogP contribution in [0.1, 0.15) is 24.8 Å². The minimum absolute atomic E-state index is 0.164. The SMILES string of the molecule is Cn1cc(-c2cccc(CNC(=O)NC[C@H]3CC[C@@H](O)C3)c2)cn1. The van der Waals surface area contributed by atoms with Crippen LogP contribution in [0.25, 0.3) is 11.1 Å². The molecule has 2 atom stereocenters. The first kappa shape index (κ1) is 16.5. The summed E-state index contributed by atoms with van der Waals surface area (Å²) in [5.41, 5.74) is 3.19. The Hall–Kier alpha value is -2.34. The summed E-state index contributed by atoms with van der Waals surface area (Å²) in [6, 6.07) is 7.91. The maximum Gasteiger partial charge on any atom is 0.315 e. The van der Waals surface area contributed by atoms with Gasteiger partial charge in [-0.25, -0.2) is 4.79 Å². The van der Waals surface area contributed by atoms with Crippen LogP contribution in [0.4, 0.5) is 4.79 Å². The summed E-state index contributed by atoms with van der Waals surface area (Å²) < 4.78 is 1.77. The Morgan fingerprint density at radius 1 is 1.33 bits per heavy atom. The Bertz CT molecular complexity index is 698. The van der Waals surface area contributed by atoms with Gasteiger partial charge in [-0.05, 0) is 42.4 Å². The van der Waals surface area contributed by atoms with Crippen molar-refractivity contribution in [3.05, 3.63) is 42.2 Å². The van der Waals surface area contributed by atoms with E-state index in [1.54, 1.807) is 4.68 Å². The number of aryl methyl sites for hydroxylation is 1. The third kappa shape index (κ3) is 4.35. The van der Waals surface area contributed by atoms with Crippen LogP contribution in [0.3, 0.4) is 0 Å². The summed E-state index contributed by atoms with van der Waals surface area (Å²) >= 11 is 0. The van der Waals surface area contributed by atoms with Gasteiger partial charge in [0.1, 0.15) is 0 Å². The molecular weight excluding hydrogens is 304 g/mol. The zero-order valence-electron chi connectivity index (χ0n) is 13.9. The van der Waals surface area contributed by atoms with Gasteiger partial charge in [-0.2, -0.15) is 5.10 Å². The zero-order valence-corrected chi connectivity index (χ0v) is 13.9. The number of nitrogens with one attached hydrogen (secondary N) is 2. The highest BCUT2D eigenvalue weighted by Crippen LogP contribution is 2.24. The van der Waals surface area contributed by atoms with Crippen molar-refractivity contribution in [2.75, 3.05) is 6.54 Å². The van der Waals surface area contributed by atoms with Crippen molar-refractivity contribution in [3.8, 4) is 11.1 Å². The van der Waals surface area contributed by atoms with Crippen molar-refractivity contribution < 1.29 is 9.90 Å². The molecule has 1 aromatic heterocycles. The molecule has 24 heavy (non-hydrogen) atoms. The fourth-order valence-corrected chi connectivity index (χ4v) is 3.15. The van der Waals surface area contributed by atoms with E-state index < -0.39 is 0 Å². The van der Waals surface area contributed by atoms with Crippen LogP contribution >= 0.6 is 0 Å².